The van der Waals surface area contributed by atoms with Gasteiger partial charge in [-0.3, -0.25) is 4.79 Å². The molecule has 0 bridgehead atoms. The Kier molecular flexibility index (Phi) is 9.41. The molecule has 11 heteroatoms. The Balaban J connectivity index is 1.95. The van der Waals surface area contributed by atoms with Gasteiger partial charge in [-0.25, -0.2) is 9.18 Å². The van der Waals surface area contributed by atoms with Crippen molar-refractivity contribution in [2.75, 3.05) is 14.2 Å². The Hall–Kier alpha value is -4.51. The zero-order valence-electron chi connectivity index (χ0n) is 24.1. The molecule has 0 aliphatic carbocycles. The number of rotatable bonds is 12. The Morgan fingerprint density at radius 3 is 2.10 bits per heavy atom. The lowest BCUT2D eigenvalue weighted by atomic mass is 9.89. The Labute approximate surface area is 246 Å². The van der Waals surface area contributed by atoms with E-state index in [2.05, 4.69) is 8.75 Å². The summed E-state index contributed by atoms with van der Waals surface area (Å²) in [6.45, 7) is 7.45. The number of Topliss-reactive ketones (excluding diaryl/α,β-unsaturated/α-hetero) is 1. The van der Waals surface area contributed by atoms with Gasteiger partial charge in [-0.05, 0) is 81.3 Å². The number of hydrogen-bond acceptors (Lipinski definition) is 9. The summed E-state index contributed by atoms with van der Waals surface area (Å²) in [7, 11) is 2.79. The number of nitrogens with zero attached hydrogens (tertiary/aromatic N) is 2. The average molecular weight is 595 g/mol. The standard InChI is InChI=1S/C31H31FN2O7S/c1-16(2)40-27-13-18(12-26(39-6)30(27)41-17(3)4)11-21(29(35)20-8-10-25(38-5)22(32)14-20)28(31(36)37)19-7-9-23-24(15-19)34-42-33-23/h7-10,12-17H,11H2,1-6H3,(H,36,37). The van der Waals surface area contributed by atoms with Crippen LogP contribution < -0.4 is 18.9 Å². The van der Waals surface area contributed by atoms with Crippen LogP contribution in [0.3, 0.4) is 0 Å². The number of hydrogen-bond donors (Lipinski definition) is 1. The van der Waals surface area contributed by atoms with Crippen molar-refractivity contribution in [3.63, 3.8) is 0 Å². The first-order valence-corrected chi connectivity index (χ1v) is 13.9. The molecule has 3 aromatic carbocycles. The van der Waals surface area contributed by atoms with Gasteiger partial charge in [0.25, 0.3) is 0 Å². The largest absolute Gasteiger partial charge is 0.494 e. The van der Waals surface area contributed by atoms with Crippen molar-refractivity contribution >= 4 is 40.1 Å². The van der Waals surface area contributed by atoms with Gasteiger partial charge in [0.15, 0.2) is 28.8 Å². The van der Waals surface area contributed by atoms with E-state index < -0.39 is 17.6 Å². The minimum Gasteiger partial charge on any atom is -0.494 e. The topological polar surface area (TPSA) is 117 Å². The Bertz CT molecular complexity index is 1660. The molecule has 1 heterocycles. The summed E-state index contributed by atoms with van der Waals surface area (Å²) < 4.78 is 45.7. The number of aliphatic carboxylic acids is 1. The molecule has 0 atom stereocenters. The van der Waals surface area contributed by atoms with Gasteiger partial charge >= 0.3 is 5.97 Å². The van der Waals surface area contributed by atoms with Crippen molar-refractivity contribution in [3.05, 3.63) is 76.6 Å². The van der Waals surface area contributed by atoms with Gasteiger partial charge in [0.1, 0.15) is 11.0 Å². The molecule has 0 radical (unpaired) electrons. The van der Waals surface area contributed by atoms with E-state index in [9.17, 15) is 19.1 Å². The lowest BCUT2D eigenvalue weighted by Gasteiger charge is -2.21. The number of fused-ring (bicyclic) bond motifs is 1. The third kappa shape index (κ3) is 6.68. The van der Waals surface area contributed by atoms with Gasteiger partial charge < -0.3 is 24.1 Å². The number of ketones is 1. The second kappa shape index (κ2) is 13.0. The number of halogens is 1. The molecule has 1 aromatic heterocycles. The maximum absolute atomic E-state index is 14.7. The summed E-state index contributed by atoms with van der Waals surface area (Å²) in [6.07, 6.45) is -0.546. The molecule has 1 N–H and O–H groups in total. The number of carbonyl (C=O) groups excluding carboxylic acids is 1. The zero-order valence-corrected chi connectivity index (χ0v) is 24.9. The SMILES string of the molecule is COc1ccc(C(=O)C(Cc2cc(OC)c(OC(C)C)c(OC(C)C)c2)=C(C(=O)O)c2ccc3nsnc3c2)cc1F. The fourth-order valence-electron chi connectivity index (χ4n) is 4.41. The van der Waals surface area contributed by atoms with Gasteiger partial charge in [0.2, 0.25) is 5.75 Å². The molecule has 4 rings (SSSR count). The van der Waals surface area contributed by atoms with Gasteiger partial charge in [-0.15, -0.1) is 0 Å². The zero-order chi connectivity index (χ0) is 30.6. The van der Waals surface area contributed by atoms with Crippen LogP contribution in [0, 0.1) is 5.82 Å². The lowest BCUT2D eigenvalue weighted by molar-refractivity contribution is -0.130. The van der Waals surface area contributed by atoms with E-state index in [0.717, 1.165) is 17.8 Å². The fraction of sp³-hybridized carbons (Fsp3) is 0.290. The number of ether oxygens (including phenoxy) is 4. The maximum atomic E-state index is 14.7. The number of methoxy groups -OCH3 is 2. The minimum atomic E-state index is -1.33. The summed E-state index contributed by atoms with van der Waals surface area (Å²) in [5.74, 6) is -1.68. The Morgan fingerprint density at radius 1 is 0.833 bits per heavy atom. The summed E-state index contributed by atoms with van der Waals surface area (Å²) in [5, 5.41) is 10.4. The molecule has 9 nitrogen and oxygen atoms in total. The van der Waals surface area contributed by atoms with Gasteiger partial charge in [-0.2, -0.15) is 8.75 Å². The van der Waals surface area contributed by atoms with E-state index in [1.54, 1.807) is 30.3 Å². The number of benzene rings is 3. The molecule has 0 spiro atoms. The van der Waals surface area contributed by atoms with Crippen LogP contribution in [-0.4, -0.2) is 52.0 Å². The maximum Gasteiger partial charge on any atom is 0.336 e. The predicted octanol–water partition coefficient (Wildman–Crippen LogP) is 6.39. The number of aromatic nitrogens is 2. The third-order valence-corrected chi connectivity index (χ3v) is 6.70. The quantitative estimate of drug-likeness (QED) is 0.147. The van der Waals surface area contributed by atoms with E-state index in [-0.39, 0.29) is 46.7 Å². The van der Waals surface area contributed by atoms with Gasteiger partial charge in [0.05, 0.1) is 43.7 Å². The molecule has 0 aliphatic rings. The molecular weight excluding hydrogens is 563 g/mol. The minimum absolute atomic E-state index is 0.0381. The fourth-order valence-corrected chi connectivity index (χ4v) is 4.93. The van der Waals surface area contributed by atoms with Crippen molar-refractivity contribution in [2.45, 2.75) is 46.3 Å². The summed E-state index contributed by atoms with van der Waals surface area (Å²) >= 11 is 0.993. The first-order valence-electron chi connectivity index (χ1n) is 13.1. The van der Waals surface area contributed by atoms with Crippen LogP contribution >= 0.6 is 11.7 Å². The van der Waals surface area contributed by atoms with E-state index >= 15 is 0 Å². The molecule has 4 aromatic rings. The van der Waals surface area contributed by atoms with E-state index in [1.807, 2.05) is 27.7 Å². The molecule has 220 valence electrons. The molecule has 42 heavy (non-hydrogen) atoms. The monoisotopic (exact) mass is 594 g/mol. The van der Waals surface area contributed by atoms with Crippen LogP contribution in [0.5, 0.6) is 23.0 Å². The predicted molar refractivity (Wildman–Crippen MR) is 157 cm³/mol. The third-order valence-electron chi connectivity index (χ3n) is 6.14. The van der Waals surface area contributed by atoms with Crippen LogP contribution in [0.25, 0.3) is 16.6 Å². The molecule has 0 aliphatic heterocycles. The van der Waals surface area contributed by atoms with Gasteiger partial charge in [-0.1, -0.05) is 6.07 Å². The van der Waals surface area contributed by atoms with Crippen molar-refractivity contribution in [1.82, 2.24) is 8.75 Å². The smallest absolute Gasteiger partial charge is 0.336 e. The van der Waals surface area contributed by atoms with Crippen molar-refractivity contribution < 1.29 is 38.0 Å². The highest BCUT2D eigenvalue weighted by Crippen LogP contribution is 2.41. The summed E-state index contributed by atoms with van der Waals surface area (Å²) in [6, 6.07) is 11.9. The molecular formula is C31H31FN2O7S. The van der Waals surface area contributed by atoms with Crippen LogP contribution in [0.4, 0.5) is 4.39 Å². The van der Waals surface area contributed by atoms with Gasteiger partial charge in [0, 0.05) is 17.6 Å². The van der Waals surface area contributed by atoms with E-state index in [4.69, 9.17) is 18.9 Å². The number of carboxylic acids is 1. The number of carbonyl (C=O) groups is 2. The highest BCUT2D eigenvalue weighted by Gasteiger charge is 2.27. The molecule has 0 saturated heterocycles. The number of allylic oxidation sites excluding steroid dienone is 1. The first-order chi connectivity index (χ1) is 20.0. The van der Waals surface area contributed by atoms with E-state index in [1.165, 1.54) is 26.4 Å². The van der Waals surface area contributed by atoms with Crippen molar-refractivity contribution in [2.24, 2.45) is 0 Å². The Morgan fingerprint density at radius 2 is 1.48 bits per heavy atom. The summed E-state index contributed by atoms with van der Waals surface area (Å²) in [5.41, 5.74) is 1.49. The normalized spacial score (nSPS) is 11.9. The van der Waals surface area contributed by atoms with Crippen LogP contribution in [0.1, 0.15) is 49.2 Å². The molecule has 0 fully saturated rings. The van der Waals surface area contributed by atoms with Crippen LogP contribution in [-0.2, 0) is 11.2 Å². The molecule has 0 unspecified atom stereocenters. The molecule has 0 amide bonds. The lowest BCUT2D eigenvalue weighted by Crippen LogP contribution is -2.15. The second-order valence-electron chi connectivity index (χ2n) is 9.94. The number of carboxylic acid groups (broad SMARTS) is 1. The van der Waals surface area contributed by atoms with Crippen molar-refractivity contribution in [1.29, 1.82) is 0 Å². The van der Waals surface area contributed by atoms with Crippen molar-refractivity contribution in [3.8, 4) is 23.0 Å². The summed E-state index contributed by atoms with van der Waals surface area (Å²) in [4.78, 5) is 26.8. The van der Waals surface area contributed by atoms with E-state index in [0.29, 0.717) is 33.8 Å². The van der Waals surface area contributed by atoms with Crippen LogP contribution in [0.15, 0.2) is 54.1 Å². The molecule has 0 saturated carbocycles. The first kappa shape index (κ1) is 30.4. The highest BCUT2D eigenvalue weighted by molar-refractivity contribution is 7.00. The average Bonchev–Trinajstić information content (AvgIpc) is 3.41. The van der Waals surface area contributed by atoms with Crippen LogP contribution in [0.2, 0.25) is 0 Å². The second-order valence-corrected chi connectivity index (χ2v) is 10.5. The highest BCUT2D eigenvalue weighted by atomic mass is 32.1.